The molecule has 0 N–H and O–H groups in total. The molecule has 0 heterocycles. The van der Waals surface area contributed by atoms with Crippen LogP contribution in [0.2, 0.25) is 5.02 Å². The summed E-state index contributed by atoms with van der Waals surface area (Å²) in [6.07, 6.45) is 0. The molecule has 0 saturated heterocycles. The van der Waals surface area contributed by atoms with E-state index in [2.05, 4.69) is 0 Å². The average Bonchev–Trinajstić information content (AvgIpc) is 2.49. The summed E-state index contributed by atoms with van der Waals surface area (Å²) < 4.78 is 44.5. The zero-order chi connectivity index (χ0) is 16.3. The predicted molar refractivity (Wildman–Crippen MR) is 83.1 cm³/mol. The van der Waals surface area contributed by atoms with E-state index in [1.165, 1.54) is 26.3 Å². The zero-order valence-corrected chi connectivity index (χ0v) is 13.7. The maximum absolute atomic E-state index is 13.7. The van der Waals surface area contributed by atoms with E-state index < -0.39 is 15.8 Å². The van der Waals surface area contributed by atoms with Crippen molar-refractivity contribution >= 4 is 21.6 Å². The van der Waals surface area contributed by atoms with Crippen molar-refractivity contribution in [3.8, 4) is 5.75 Å². The molecule has 0 fully saturated rings. The molecular formula is C15H15ClFNO3S. The molecule has 0 radical (unpaired) electrons. The molecule has 0 aliphatic carbocycles. The second-order valence-electron chi connectivity index (χ2n) is 4.68. The lowest BCUT2D eigenvalue weighted by molar-refractivity contribution is 0.385. The van der Waals surface area contributed by atoms with Gasteiger partial charge < -0.3 is 4.74 Å². The molecule has 0 bridgehead atoms. The maximum Gasteiger partial charge on any atom is 0.243 e. The summed E-state index contributed by atoms with van der Waals surface area (Å²) in [7, 11) is -1.03. The van der Waals surface area contributed by atoms with Gasteiger partial charge >= 0.3 is 0 Å². The second-order valence-corrected chi connectivity index (χ2v) is 7.17. The van der Waals surface area contributed by atoms with E-state index in [1.54, 1.807) is 24.3 Å². The van der Waals surface area contributed by atoms with Crippen LogP contribution in [0.3, 0.4) is 0 Å². The Morgan fingerprint density at radius 3 is 2.36 bits per heavy atom. The first-order valence-corrected chi connectivity index (χ1v) is 8.20. The normalized spacial score (nSPS) is 11.7. The Morgan fingerprint density at radius 2 is 1.82 bits per heavy atom. The van der Waals surface area contributed by atoms with Gasteiger partial charge in [-0.05, 0) is 35.9 Å². The average molecular weight is 344 g/mol. The fraction of sp³-hybridized carbons (Fsp3) is 0.200. The first-order chi connectivity index (χ1) is 10.3. The van der Waals surface area contributed by atoms with E-state index in [9.17, 15) is 12.8 Å². The Bertz CT molecular complexity index is 763. The number of methoxy groups -OCH3 is 1. The molecule has 118 valence electrons. The lowest BCUT2D eigenvalue weighted by Crippen LogP contribution is -2.26. The summed E-state index contributed by atoms with van der Waals surface area (Å²) in [6.45, 7) is 0.160. The first kappa shape index (κ1) is 16.7. The topological polar surface area (TPSA) is 46.6 Å². The molecule has 0 aliphatic heterocycles. The fourth-order valence-electron chi connectivity index (χ4n) is 1.92. The molecule has 0 amide bonds. The van der Waals surface area contributed by atoms with Crippen LogP contribution in [0.25, 0.3) is 0 Å². The van der Waals surface area contributed by atoms with Gasteiger partial charge in [-0.3, -0.25) is 0 Å². The number of sulfonamides is 1. The van der Waals surface area contributed by atoms with Crippen LogP contribution in [-0.4, -0.2) is 26.9 Å². The molecule has 22 heavy (non-hydrogen) atoms. The van der Waals surface area contributed by atoms with Gasteiger partial charge in [0.05, 0.1) is 12.0 Å². The van der Waals surface area contributed by atoms with Crippen molar-refractivity contribution in [2.24, 2.45) is 0 Å². The molecule has 0 unspecified atom stereocenters. The van der Waals surface area contributed by atoms with Crippen molar-refractivity contribution in [2.45, 2.75) is 11.4 Å². The Morgan fingerprint density at radius 1 is 1.18 bits per heavy atom. The van der Waals surface area contributed by atoms with Crippen molar-refractivity contribution in [1.82, 2.24) is 4.31 Å². The molecule has 0 saturated carbocycles. The van der Waals surface area contributed by atoms with Gasteiger partial charge in [-0.15, -0.1) is 0 Å². The van der Waals surface area contributed by atoms with E-state index in [0.29, 0.717) is 5.02 Å². The van der Waals surface area contributed by atoms with Crippen LogP contribution in [0.1, 0.15) is 5.56 Å². The van der Waals surface area contributed by atoms with Crippen molar-refractivity contribution in [3.63, 3.8) is 0 Å². The molecule has 0 aromatic heterocycles. The number of halogens is 2. The second kappa shape index (κ2) is 6.64. The number of nitrogens with zero attached hydrogens (tertiary/aromatic N) is 1. The highest BCUT2D eigenvalue weighted by atomic mass is 35.5. The summed E-state index contributed by atoms with van der Waals surface area (Å²) >= 11 is 5.79. The van der Waals surface area contributed by atoms with Crippen LogP contribution < -0.4 is 4.74 Å². The molecule has 0 spiro atoms. The van der Waals surface area contributed by atoms with Crippen LogP contribution >= 0.6 is 11.6 Å². The minimum Gasteiger partial charge on any atom is -0.494 e. The summed E-state index contributed by atoms with van der Waals surface area (Å²) in [5.74, 6) is -0.720. The van der Waals surface area contributed by atoms with Gasteiger partial charge in [-0.25, -0.2) is 12.8 Å². The van der Waals surface area contributed by atoms with Crippen LogP contribution in [0.15, 0.2) is 47.4 Å². The smallest absolute Gasteiger partial charge is 0.243 e. The van der Waals surface area contributed by atoms with Crippen molar-refractivity contribution in [2.75, 3.05) is 14.2 Å². The van der Waals surface area contributed by atoms with Crippen LogP contribution in [0.4, 0.5) is 4.39 Å². The zero-order valence-electron chi connectivity index (χ0n) is 12.1. The third kappa shape index (κ3) is 3.58. The van der Waals surface area contributed by atoms with Gasteiger partial charge in [0.25, 0.3) is 0 Å². The molecule has 2 aromatic rings. The molecule has 0 atom stereocenters. The van der Waals surface area contributed by atoms with Gasteiger partial charge in [0.2, 0.25) is 10.0 Å². The van der Waals surface area contributed by atoms with E-state index in [1.807, 2.05) is 0 Å². The van der Waals surface area contributed by atoms with E-state index in [0.717, 1.165) is 15.9 Å². The van der Waals surface area contributed by atoms with Gasteiger partial charge in [0, 0.05) is 18.6 Å². The lowest BCUT2D eigenvalue weighted by atomic mass is 10.2. The van der Waals surface area contributed by atoms with Crippen molar-refractivity contribution in [1.29, 1.82) is 0 Å². The molecule has 0 aliphatic rings. The van der Waals surface area contributed by atoms with Gasteiger partial charge in [0.15, 0.2) is 11.6 Å². The maximum atomic E-state index is 13.7. The fourth-order valence-corrected chi connectivity index (χ4v) is 3.22. The molecule has 7 heteroatoms. The highest BCUT2D eigenvalue weighted by molar-refractivity contribution is 7.89. The Labute approximate surface area is 134 Å². The third-order valence-corrected chi connectivity index (χ3v) is 5.20. The van der Waals surface area contributed by atoms with Gasteiger partial charge in [-0.1, -0.05) is 23.7 Å². The van der Waals surface area contributed by atoms with Crippen molar-refractivity contribution in [3.05, 3.63) is 58.9 Å². The van der Waals surface area contributed by atoms with Crippen LogP contribution in [0, 0.1) is 5.82 Å². The summed E-state index contributed by atoms with van der Waals surface area (Å²) in [4.78, 5) is -0.123. The lowest BCUT2D eigenvalue weighted by Gasteiger charge is -2.17. The Hall–Kier alpha value is -1.63. The minimum atomic E-state index is -3.79. The Balaban J connectivity index is 2.25. The van der Waals surface area contributed by atoms with Gasteiger partial charge in [-0.2, -0.15) is 4.31 Å². The summed E-state index contributed by atoms with van der Waals surface area (Å²) in [5, 5.41) is 0.575. The SMILES string of the molecule is COc1ccc(S(=O)(=O)N(C)Cc2ccc(Cl)cc2)cc1F. The minimum absolute atomic E-state index is 0.000644. The number of benzene rings is 2. The number of hydrogen-bond acceptors (Lipinski definition) is 3. The van der Waals surface area contributed by atoms with Crippen LogP contribution in [0.5, 0.6) is 5.75 Å². The molecular weight excluding hydrogens is 329 g/mol. The summed E-state index contributed by atoms with van der Waals surface area (Å²) in [5.41, 5.74) is 0.782. The third-order valence-electron chi connectivity index (χ3n) is 3.15. The standard InChI is InChI=1S/C15H15ClFNO3S/c1-18(10-11-3-5-12(16)6-4-11)22(19,20)13-7-8-15(21-2)14(17)9-13/h3-9H,10H2,1-2H3. The molecule has 2 aromatic carbocycles. The summed E-state index contributed by atoms with van der Waals surface area (Å²) in [6, 6.07) is 10.4. The predicted octanol–water partition coefficient (Wildman–Crippen LogP) is 3.31. The highest BCUT2D eigenvalue weighted by Crippen LogP contribution is 2.23. The molecule has 4 nitrogen and oxygen atoms in total. The van der Waals surface area contributed by atoms with Gasteiger partial charge in [0.1, 0.15) is 0 Å². The van der Waals surface area contributed by atoms with Crippen molar-refractivity contribution < 1.29 is 17.5 Å². The monoisotopic (exact) mass is 343 g/mol. The quantitative estimate of drug-likeness (QED) is 0.836. The highest BCUT2D eigenvalue weighted by Gasteiger charge is 2.22. The number of ether oxygens (including phenoxy) is 1. The van der Waals surface area contributed by atoms with E-state index in [-0.39, 0.29) is 17.2 Å². The largest absolute Gasteiger partial charge is 0.494 e. The van der Waals surface area contributed by atoms with E-state index >= 15 is 0 Å². The van der Waals surface area contributed by atoms with Crippen LogP contribution in [-0.2, 0) is 16.6 Å². The first-order valence-electron chi connectivity index (χ1n) is 6.39. The Kier molecular flexibility index (Phi) is 5.05. The van der Waals surface area contributed by atoms with E-state index in [4.69, 9.17) is 16.3 Å². The number of hydrogen-bond donors (Lipinski definition) is 0. The molecule has 2 rings (SSSR count). The number of rotatable bonds is 5.